The quantitative estimate of drug-likeness (QED) is 0.695. The van der Waals surface area contributed by atoms with Gasteiger partial charge in [-0.15, -0.1) is 0 Å². The molecule has 0 saturated carbocycles. The molecule has 0 bridgehead atoms. The normalized spacial score (nSPS) is 15.7. The van der Waals surface area contributed by atoms with Gasteiger partial charge in [0.25, 0.3) is 0 Å². The van der Waals surface area contributed by atoms with Crippen LogP contribution in [0.3, 0.4) is 0 Å². The first kappa shape index (κ1) is 9.23. The third kappa shape index (κ3) is 2.06. The van der Waals surface area contributed by atoms with E-state index in [0.29, 0.717) is 0 Å². The fourth-order valence-electron chi connectivity index (χ4n) is 1.16. The van der Waals surface area contributed by atoms with Crippen molar-refractivity contribution >= 4 is 0 Å². The van der Waals surface area contributed by atoms with E-state index < -0.39 is 6.10 Å². The van der Waals surface area contributed by atoms with E-state index in [1.807, 2.05) is 31.2 Å². The van der Waals surface area contributed by atoms with Crippen LogP contribution in [-0.4, -0.2) is 11.1 Å². The van der Waals surface area contributed by atoms with Crippen LogP contribution in [0.15, 0.2) is 24.3 Å². The molecule has 1 aromatic carbocycles. The zero-order valence-electron chi connectivity index (χ0n) is 7.49. The van der Waals surface area contributed by atoms with E-state index in [9.17, 15) is 5.11 Å². The van der Waals surface area contributed by atoms with Gasteiger partial charge in [0.2, 0.25) is 0 Å². The fraction of sp³-hybridized carbons (Fsp3) is 0.400. The van der Waals surface area contributed by atoms with E-state index in [4.69, 9.17) is 5.73 Å². The van der Waals surface area contributed by atoms with E-state index in [1.54, 1.807) is 6.92 Å². The number of hydrogen-bond donors (Lipinski definition) is 2. The average molecular weight is 165 g/mol. The second kappa shape index (κ2) is 3.70. The molecule has 2 nitrogen and oxygen atoms in total. The molecule has 0 amide bonds. The average Bonchev–Trinajstić information content (AvgIpc) is 2.03. The zero-order valence-corrected chi connectivity index (χ0v) is 7.49. The molecule has 0 aliphatic rings. The van der Waals surface area contributed by atoms with Crippen molar-refractivity contribution in [1.29, 1.82) is 0 Å². The second-order valence-electron chi connectivity index (χ2n) is 3.22. The van der Waals surface area contributed by atoms with Crippen molar-refractivity contribution in [3.63, 3.8) is 0 Å². The molecule has 0 fully saturated rings. The minimum atomic E-state index is -0.551. The van der Waals surface area contributed by atoms with Crippen LogP contribution in [-0.2, 0) is 0 Å². The maximum Gasteiger partial charge on any atom is 0.0938 e. The first-order valence-electron chi connectivity index (χ1n) is 4.11. The monoisotopic (exact) mass is 165 g/mol. The van der Waals surface area contributed by atoms with Gasteiger partial charge in [-0.2, -0.15) is 0 Å². The molecular formula is C10H15NO. The SMILES string of the molecule is Cc1cccc([C@H](O)[C@H](C)N)c1. The lowest BCUT2D eigenvalue weighted by molar-refractivity contribution is 0.153. The van der Waals surface area contributed by atoms with Crippen LogP contribution in [0, 0.1) is 6.92 Å². The fourth-order valence-corrected chi connectivity index (χ4v) is 1.16. The van der Waals surface area contributed by atoms with Gasteiger partial charge in [0.05, 0.1) is 6.10 Å². The minimum Gasteiger partial charge on any atom is -0.387 e. The van der Waals surface area contributed by atoms with Crippen molar-refractivity contribution < 1.29 is 5.11 Å². The summed E-state index contributed by atoms with van der Waals surface area (Å²) in [6.45, 7) is 3.80. The first-order chi connectivity index (χ1) is 5.61. The van der Waals surface area contributed by atoms with Crippen LogP contribution >= 0.6 is 0 Å². The van der Waals surface area contributed by atoms with Crippen LogP contribution in [0.5, 0.6) is 0 Å². The predicted octanol–water partition coefficient (Wildman–Crippen LogP) is 1.38. The Morgan fingerprint density at radius 3 is 2.58 bits per heavy atom. The van der Waals surface area contributed by atoms with Gasteiger partial charge in [-0.1, -0.05) is 29.8 Å². The molecule has 2 heteroatoms. The summed E-state index contributed by atoms with van der Waals surface area (Å²) in [5.41, 5.74) is 7.61. The third-order valence-electron chi connectivity index (χ3n) is 1.88. The van der Waals surface area contributed by atoms with E-state index >= 15 is 0 Å². The molecule has 1 aromatic rings. The van der Waals surface area contributed by atoms with Gasteiger partial charge >= 0.3 is 0 Å². The molecular weight excluding hydrogens is 150 g/mol. The van der Waals surface area contributed by atoms with Gasteiger partial charge in [-0.05, 0) is 19.4 Å². The Balaban J connectivity index is 2.88. The van der Waals surface area contributed by atoms with Crippen LogP contribution in [0.2, 0.25) is 0 Å². The molecule has 0 aromatic heterocycles. The first-order valence-corrected chi connectivity index (χ1v) is 4.11. The Morgan fingerprint density at radius 1 is 1.42 bits per heavy atom. The highest BCUT2D eigenvalue weighted by Gasteiger charge is 2.11. The van der Waals surface area contributed by atoms with Gasteiger partial charge in [-0.25, -0.2) is 0 Å². The van der Waals surface area contributed by atoms with Gasteiger partial charge < -0.3 is 10.8 Å². The third-order valence-corrected chi connectivity index (χ3v) is 1.88. The number of hydrogen-bond acceptors (Lipinski definition) is 2. The van der Waals surface area contributed by atoms with Crippen molar-refractivity contribution in [3.05, 3.63) is 35.4 Å². The summed E-state index contributed by atoms with van der Waals surface area (Å²) in [6.07, 6.45) is -0.551. The lowest BCUT2D eigenvalue weighted by Crippen LogP contribution is -2.24. The van der Waals surface area contributed by atoms with E-state index in [1.165, 1.54) is 0 Å². The Morgan fingerprint density at radius 2 is 2.08 bits per heavy atom. The van der Waals surface area contributed by atoms with Gasteiger partial charge in [0, 0.05) is 6.04 Å². The summed E-state index contributed by atoms with van der Waals surface area (Å²) in [5.74, 6) is 0. The lowest BCUT2D eigenvalue weighted by atomic mass is 10.0. The number of aliphatic hydroxyl groups is 1. The number of aryl methyl sites for hydroxylation is 1. The van der Waals surface area contributed by atoms with Crippen LogP contribution in [0.1, 0.15) is 24.2 Å². The minimum absolute atomic E-state index is 0.216. The molecule has 0 heterocycles. The number of rotatable bonds is 2. The number of aliphatic hydroxyl groups excluding tert-OH is 1. The molecule has 0 spiro atoms. The van der Waals surface area contributed by atoms with E-state index in [0.717, 1.165) is 11.1 Å². The summed E-state index contributed by atoms with van der Waals surface area (Å²) in [7, 11) is 0. The van der Waals surface area contributed by atoms with Crippen LogP contribution in [0.4, 0.5) is 0 Å². The highest BCUT2D eigenvalue weighted by atomic mass is 16.3. The van der Waals surface area contributed by atoms with Gasteiger partial charge in [0.15, 0.2) is 0 Å². The number of benzene rings is 1. The van der Waals surface area contributed by atoms with Crippen molar-refractivity contribution in [1.82, 2.24) is 0 Å². The second-order valence-corrected chi connectivity index (χ2v) is 3.22. The van der Waals surface area contributed by atoms with Crippen molar-refractivity contribution in [3.8, 4) is 0 Å². The molecule has 3 N–H and O–H groups in total. The highest BCUT2D eigenvalue weighted by molar-refractivity contribution is 5.24. The Hall–Kier alpha value is -0.860. The lowest BCUT2D eigenvalue weighted by Gasteiger charge is -2.14. The van der Waals surface area contributed by atoms with E-state index in [-0.39, 0.29) is 6.04 Å². The molecule has 0 radical (unpaired) electrons. The summed E-state index contributed by atoms with van der Waals surface area (Å²) in [5, 5.41) is 9.60. The van der Waals surface area contributed by atoms with Gasteiger partial charge in [0.1, 0.15) is 0 Å². The predicted molar refractivity (Wildman–Crippen MR) is 49.8 cm³/mol. The molecule has 1 rings (SSSR count). The molecule has 0 aliphatic carbocycles. The topological polar surface area (TPSA) is 46.2 Å². The molecule has 0 aliphatic heterocycles. The highest BCUT2D eigenvalue weighted by Crippen LogP contribution is 2.16. The smallest absolute Gasteiger partial charge is 0.0938 e. The Bertz CT molecular complexity index is 258. The van der Waals surface area contributed by atoms with Crippen LogP contribution in [0.25, 0.3) is 0 Å². The van der Waals surface area contributed by atoms with E-state index in [2.05, 4.69) is 0 Å². The van der Waals surface area contributed by atoms with Crippen molar-refractivity contribution in [2.75, 3.05) is 0 Å². The summed E-state index contributed by atoms with van der Waals surface area (Å²) < 4.78 is 0. The Kier molecular flexibility index (Phi) is 2.84. The standard InChI is InChI=1S/C10H15NO/c1-7-4-3-5-9(6-7)10(12)8(2)11/h3-6,8,10,12H,11H2,1-2H3/t8-,10+/m0/s1. The number of nitrogens with two attached hydrogens (primary N) is 1. The molecule has 2 atom stereocenters. The maximum absolute atomic E-state index is 9.60. The maximum atomic E-state index is 9.60. The largest absolute Gasteiger partial charge is 0.387 e. The molecule has 0 saturated heterocycles. The van der Waals surface area contributed by atoms with Crippen molar-refractivity contribution in [2.24, 2.45) is 5.73 Å². The summed E-state index contributed by atoms with van der Waals surface area (Å²) in [4.78, 5) is 0. The Labute approximate surface area is 73.0 Å². The molecule has 12 heavy (non-hydrogen) atoms. The van der Waals surface area contributed by atoms with Crippen molar-refractivity contribution in [2.45, 2.75) is 26.0 Å². The summed E-state index contributed by atoms with van der Waals surface area (Å²) >= 11 is 0. The molecule has 66 valence electrons. The molecule has 0 unspecified atom stereocenters. The van der Waals surface area contributed by atoms with Gasteiger partial charge in [-0.3, -0.25) is 0 Å². The van der Waals surface area contributed by atoms with Crippen LogP contribution < -0.4 is 5.73 Å². The summed E-state index contributed by atoms with van der Waals surface area (Å²) in [6, 6.07) is 7.55. The zero-order chi connectivity index (χ0) is 9.14.